The van der Waals surface area contributed by atoms with Crippen molar-refractivity contribution < 1.29 is 14.7 Å². The molecule has 1 aromatic heterocycles. The van der Waals surface area contributed by atoms with Gasteiger partial charge in [-0.05, 0) is 0 Å². The van der Waals surface area contributed by atoms with Gasteiger partial charge in [0.2, 0.25) is 5.91 Å². The van der Waals surface area contributed by atoms with Crippen LogP contribution < -0.4 is 10.6 Å². The standard InChI is InChI=1S/C11H17N3O3S/c1-7(2)13-5-9(15)12-4-3-10-14-8(6-18-10)11(16)17/h6-7,13H,3-5H2,1-2H3,(H,12,15)(H,16,17). The van der Waals surface area contributed by atoms with Gasteiger partial charge in [-0.25, -0.2) is 9.78 Å². The first-order valence-corrected chi connectivity index (χ1v) is 6.54. The van der Waals surface area contributed by atoms with Crippen molar-refractivity contribution in [1.82, 2.24) is 15.6 Å². The predicted octanol–water partition coefficient (Wildman–Crippen LogP) is 0.498. The van der Waals surface area contributed by atoms with Gasteiger partial charge in [0.25, 0.3) is 0 Å². The largest absolute Gasteiger partial charge is 0.476 e. The summed E-state index contributed by atoms with van der Waals surface area (Å²) >= 11 is 1.29. The topological polar surface area (TPSA) is 91.3 Å². The summed E-state index contributed by atoms with van der Waals surface area (Å²) in [5.74, 6) is -1.10. The second kappa shape index (κ2) is 7.07. The lowest BCUT2D eigenvalue weighted by atomic mass is 10.4. The van der Waals surface area contributed by atoms with Gasteiger partial charge in [-0.2, -0.15) is 0 Å². The number of amides is 1. The first kappa shape index (κ1) is 14.6. The van der Waals surface area contributed by atoms with E-state index in [1.807, 2.05) is 13.8 Å². The van der Waals surface area contributed by atoms with Gasteiger partial charge in [0.1, 0.15) is 0 Å². The molecule has 1 aromatic rings. The predicted molar refractivity (Wildman–Crippen MR) is 68.9 cm³/mol. The average Bonchev–Trinajstić information content (AvgIpc) is 2.75. The minimum absolute atomic E-state index is 0.0581. The van der Waals surface area contributed by atoms with Crippen molar-refractivity contribution in [2.45, 2.75) is 26.3 Å². The van der Waals surface area contributed by atoms with Crippen LogP contribution in [0.2, 0.25) is 0 Å². The van der Waals surface area contributed by atoms with Crippen molar-refractivity contribution in [3.8, 4) is 0 Å². The van der Waals surface area contributed by atoms with Crippen LogP contribution in [0, 0.1) is 0 Å². The Kier molecular flexibility index (Phi) is 5.73. The van der Waals surface area contributed by atoms with Crippen LogP contribution in [0.15, 0.2) is 5.38 Å². The molecular formula is C11H17N3O3S. The van der Waals surface area contributed by atoms with Crippen LogP contribution >= 0.6 is 11.3 Å². The second-order valence-corrected chi connectivity index (χ2v) is 5.01. The maximum Gasteiger partial charge on any atom is 0.355 e. The van der Waals surface area contributed by atoms with E-state index in [4.69, 9.17) is 5.11 Å². The Hall–Kier alpha value is -1.47. The molecule has 18 heavy (non-hydrogen) atoms. The van der Waals surface area contributed by atoms with E-state index in [1.54, 1.807) is 0 Å². The van der Waals surface area contributed by atoms with Gasteiger partial charge in [-0.1, -0.05) is 13.8 Å². The molecule has 0 aliphatic carbocycles. The number of carbonyl (C=O) groups is 2. The molecule has 0 aliphatic rings. The van der Waals surface area contributed by atoms with Crippen molar-refractivity contribution in [1.29, 1.82) is 0 Å². The fraction of sp³-hybridized carbons (Fsp3) is 0.545. The molecule has 100 valence electrons. The molecule has 0 unspecified atom stereocenters. The molecule has 1 rings (SSSR count). The van der Waals surface area contributed by atoms with Crippen molar-refractivity contribution >= 4 is 23.2 Å². The Balaban J connectivity index is 2.24. The van der Waals surface area contributed by atoms with E-state index < -0.39 is 5.97 Å². The lowest BCUT2D eigenvalue weighted by Gasteiger charge is -2.08. The van der Waals surface area contributed by atoms with Crippen molar-refractivity contribution in [2.24, 2.45) is 0 Å². The highest BCUT2D eigenvalue weighted by Gasteiger charge is 2.08. The van der Waals surface area contributed by atoms with E-state index >= 15 is 0 Å². The van der Waals surface area contributed by atoms with Crippen LogP contribution in [-0.4, -0.2) is 41.1 Å². The molecule has 0 radical (unpaired) electrons. The third-order valence-corrected chi connectivity index (χ3v) is 3.01. The first-order chi connectivity index (χ1) is 8.49. The quantitative estimate of drug-likeness (QED) is 0.671. The number of hydrogen-bond donors (Lipinski definition) is 3. The molecule has 3 N–H and O–H groups in total. The highest BCUT2D eigenvalue weighted by atomic mass is 32.1. The number of nitrogens with one attached hydrogen (secondary N) is 2. The SMILES string of the molecule is CC(C)NCC(=O)NCCc1nc(C(=O)O)cs1. The fourth-order valence-electron chi connectivity index (χ4n) is 1.19. The molecule has 1 heterocycles. The first-order valence-electron chi connectivity index (χ1n) is 5.67. The maximum absolute atomic E-state index is 11.4. The molecule has 0 saturated carbocycles. The van der Waals surface area contributed by atoms with Gasteiger partial charge < -0.3 is 15.7 Å². The Bertz CT molecular complexity index is 417. The van der Waals surface area contributed by atoms with E-state index in [1.165, 1.54) is 16.7 Å². The molecule has 7 heteroatoms. The van der Waals surface area contributed by atoms with Crippen LogP contribution in [0.4, 0.5) is 0 Å². The van der Waals surface area contributed by atoms with Crippen LogP contribution in [0.3, 0.4) is 0 Å². The third-order valence-electron chi connectivity index (χ3n) is 2.10. The van der Waals surface area contributed by atoms with Crippen molar-refractivity contribution in [2.75, 3.05) is 13.1 Å². The zero-order valence-electron chi connectivity index (χ0n) is 10.4. The number of carbonyl (C=O) groups excluding carboxylic acids is 1. The molecule has 0 saturated heterocycles. The number of aromatic carboxylic acids is 1. The summed E-state index contributed by atoms with van der Waals surface area (Å²) in [6.45, 7) is 4.69. The van der Waals surface area contributed by atoms with Crippen molar-refractivity contribution in [3.63, 3.8) is 0 Å². The van der Waals surface area contributed by atoms with Crippen LogP contribution in [0.5, 0.6) is 0 Å². The van der Waals surface area contributed by atoms with Gasteiger partial charge in [0.15, 0.2) is 5.69 Å². The van der Waals surface area contributed by atoms with Crippen LogP contribution in [0.25, 0.3) is 0 Å². The maximum atomic E-state index is 11.4. The highest BCUT2D eigenvalue weighted by Crippen LogP contribution is 2.09. The summed E-state index contributed by atoms with van der Waals surface area (Å²) < 4.78 is 0. The summed E-state index contributed by atoms with van der Waals surface area (Å²) in [6, 6.07) is 0.271. The summed E-state index contributed by atoms with van der Waals surface area (Å²) in [5, 5.41) is 16.7. The zero-order valence-corrected chi connectivity index (χ0v) is 11.2. The fourth-order valence-corrected chi connectivity index (χ4v) is 1.96. The number of carboxylic acid groups (broad SMARTS) is 1. The molecule has 0 fully saturated rings. The number of hydrogen-bond acceptors (Lipinski definition) is 5. The van der Waals surface area contributed by atoms with Gasteiger partial charge >= 0.3 is 5.97 Å². The Morgan fingerprint density at radius 2 is 2.22 bits per heavy atom. The van der Waals surface area contributed by atoms with Gasteiger partial charge in [-0.15, -0.1) is 11.3 Å². The normalized spacial score (nSPS) is 10.6. The number of nitrogens with zero attached hydrogens (tertiary/aromatic N) is 1. The number of thiazole rings is 1. The lowest BCUT2D eigenvalue weighted by Crippen LogP contribution is -2.37. The molecule has 0 bridgehead atoms. The summed E-state index contributed by atoms with van der Waals surface area (Å²) in [6.07, 6.45) is 0.547. The molecule has 0 aliphatic heterocycles. The number of aromatic nitrogens is 1. The third kappa shape index (κ3) is 5.24. The van der Waals surface area contributed by atoms with E-state index in [0.717, 1.165) is 0 Å². The highest BCUT2D eigenvalue weighted by molar-refractivity contribution is 7.09. The van der Waals surface area contributed by atoms with Gasteiger partial charge in [0.05, 0.1) is 11.6 Å². The van der Waals surface area contributed by atoms with E-state index in [0.29, 0.717) is 18.0 Å². The van der Waals surface area contributed by atoms with Crippen LogP contribution in [-0.2, 0) is 11.2 Å². The van der Waals surface area contributed by atoms with E-state index in [2.05, 4.69) is 15.6 Å². The Labute approximate surface area is 109 Å². The minimum atomic E-state index is -1.03. The minimum Gasteiger partial charge on any atom is -0.476 e. The van der Waals surface area contributed by atoms with Gasteiger partial charge in [0, 0.05) is 24.4 Å². The number of carboxylic acids is 1. The molecule has 0 spiro atoms. The molecule has 0 atom stereocenters. The molecule has 6 nitrogen and oxygen atoms in total. The van der Waals surface area contributed by atoms with Gasteiger partial charge in [-0.3, -0.25) is 4.79 Å². The molecule has 0 aromatic carbocycles. The smallest absolute Gasteiger partial charge is 0.355 e. The average molecular weight is 271 g/mol. The van der Waals surface area contributed by atoms with Crippen LogP contribution in [0.1, 0.15) is 29.3 Å². The second-order valence-electron chi connectivity index (χ2n) is 4.07. The summed E-state index contributed by atoms with van der Waals surface area (Å²) in [5.41, 5.74) is 0.0581. The lowest BCUT2D eigenvalue weighted by molar-refractivity contribution is -0.120. The van der Waals surface area contributed by atoms with Crippen molar-refractivity contribution in [3.05, 3.63) is 16.1 Å². The zero-order chi connectivity index (χ0) is 13.5. The van der Waals surface area contributed by atoms with E-state index in [-0.39, 0.29) is 24.2 Å². The molecular weight excluding hydrogens is 254 g/mol. The summed E-state index contributed by atoms with van der Waals surface area (Å²) in [7, 11) is 0. The van der Waals surface area contributed by atoms with E-state index in [9.17, 15) is 9.59 Å². The summed E-state index contributed by atoms with van der Waals surface area (Å²) in [4.78, 5) is 25.9. The number of rotatable bonds is 7. The Morgan fingerprint density at radius 3 is 2.78 bits per heavy atom. The molecule has 1 amide bonds. The Morgan fingerprint density at radius 1 is 1.50 bits per heavy atom. The monoisotopic (exact) mass is 271 g/mol.